The largest absolute Gasteiger partial charge is 0.451 e. The number of hydrogen-bond donors (Lipinski definition) is 1. The van der Waals surface area contributed by atoms with E-state index in [1.807, 2.05) is 30.7 Å². The first-order valence-electron chi connectivity index (χ1n) is 9.47. The summed E-state index contributed by atoms with van der Waals surface area (Å²) < 4.78 is 37.1. The average molecular weight is 421 g/mol. The van der Waals surface area contributed by atoms with Crippen LogP contribution < -0.4 is 10.3 Å². The van der Waals surface area contributed by atoms with Crippen LogP contribution >= 0.6 is 0 Å². The van der Waals surface area contributed by atoms with Gasteiger partial charge >= 0.3 is 0 Å². The van der Waals surface area contributed by atoms with Crippen LogP contribution in [0.3, 0.4) is 0 Å². The van der Waals surface area contributed by atoms with Gasteiger partial charge in [-0.05, 0) is 31.2 Å². The number of H-pyrrole nitrogens is 1. The highest BCUT2D eigenvalue weighted by molar-refractivity contribution is 6.00. The summed E-state index contributed by atoms with van der Waals surface area (Å²) in [6.07, 6.45) is 3.23. The summed E-state index contributed by atoms with van der Waals surface area (Å²) >= 11 is 0. The van der Waals surface area contributed by atoms with Gasteiger partial charge in [0.15, 0.2) is 17.3 Å². The van der Waals surface area contributed by atoms with E-state index >= 15 is 0 Å². The zero-order valence-electron chi connectivity index (χ0n) is 16.9. The fourth-order valence-electron chi connectivity index (χ4n) is 3.70. The Morgan fingerprint density at radius 2 is 1.90 bits per heavy atom. The first kappa shape index (κ1) is 19.0. The van der Waals surface area contributed by atoms with Crippen molar-refractivity contribution in [2.45, 2.75) is 6.92 Å². The van der Waals surface area contributed by atoms with Crippen LogP contribution in [0.15, 0.2) is 47.5 Å². The molecule has 31 heavy (non-hydrogen) atoms. The summed E-state index contributed by atoms with van der Waals surface area (Å²) in [5, 5.41) is 7.33. The van der Waals surface area contributed by atoms with Gasteiger partial charge in [-0.2, -0.15) is 5.10 Å². The maximum atomic E-state index is 14.4. The van der Waals surface area contributed by atoms with Crippen LogP contribution in [0.5, 0.6) is 11.5 Å². The second-order valence-electron chi connectivity index (χ2n) is 7.32. The molecule has 0 fully saturated rings. The second kappa shape index (κ2) is 6.76. The molecule has 7 nitrogen and oxygen atoms in total. The lowest BCUT2D eigenvalue weighted by atomic mass is 10.0. The molecule has 0 aliphatic carbocycles. The van der Waals surface area contributed by atoms with Crippen molar-refractivity contribution in [3.05, 3.63) is 70.5 Å². The predicted molar refractivity (Wildman–Crippen MR) is 112 cm³/mol. The third-order valence-electron chi connectivity index (χ3n) is 5.41. The minimum atomic E-state index is -0.829. The van der Waals surface area contributed by atoms with Crippen LogP contribution in [-0.2, 0) is 14.1 Å². The number of halogens is 2. The predicted octanol–water partition coefficient (Wildman–Crippen LogP) is 4.19. The third kappa shape index (κ3) is 2.89. The van der Waals surface area contributed by atoms with Gasteiger partial charge in [-0.15, -0.1) is 0 Å². The number of rotatable bonds is 3. The van der Waals surface area contributed by atoms with E-state index in [1.165, 1.54) is 10.6 Å². The molecule has 3 heterocycles. The minimum Gasteiger partial charge on any atom is -0.451 e. The van der Waals surface area contributed by atoms with Gasteiger partial charge in [0.05, 0.1) is 11.7 Å². The molecule has 5 rings (SSSR count). The molecule has 0 spiro atoms. The molecule has 0 amide bonds. The first-order valence-corrected chi connectivity index (χ1v) is 9.47. The van der Waals surface area contributed by atoms with Crippen molar-refractivity contribution in [1.29, 1.82) is 0 Å². The fraction of sp³-hybridized carbons (Fsp3) is 0.136. The Labute approximate surface area is 174 Å². The van der Waals surface area contributed by atoms with Crippen LogP contribution in [0, 0.1) is 18.6 Å². The van der Waals surface area contributed by atoms with Crippen LogP contribution in [-0.4, -0.2) is 24.3 Å². The Morgan fingerprint density at radius 1 is 1.10 bits per heavy atom. The molecular weight excluding hydrogens is 404 g/mol. The number of nitrogens with one attached hydrogen (secondary N) is 1. The van der Waals surface area contributed by atoms with E-state index in [4.69, 9.17) is 4.74 Å². The highest BCUT2D eigenvalue weighted by atomic mass is 19.1. The smallest absolute Gasteiger partial charge is 0.276 e. The molecule has 3 aromatic heterocycles. The summed E-state index contributed by atoms with van der Waals surface area (Å²) in [6.45, 7) is 1.85. The topological polar surface area (TPSA) is 77.7 Å². The number of ether oxygens (including phenoxy) is 1. The van der Waals surface area contributed by atoms with E-state index in [0.29, 0.717) is 33.3 Å². The van der Waals surface area contributed by atoms with E-state index in [0.717, 1.165) is 23.5 Å². The molecule has 9 heteroatoms. The van der Waals surface area contributed by atoms with Gasteiger partial charge in [0, 0.05) is 42.9 Å². The van der Waals surface area contributed by atoms with Crippen molar-refractivity contribution in [3.8, 4) is 22.6 Å². The van der Waals surface area contributed by atoms with Gasteiger partial charge in [-0.1, -0.05) is 0 Å². The van der Waals surface area contributed by atoms with Crippen LogP contribution in [0.4, 0.5) is 8.78 Å². The number of pyridine rings is 1. The number of nitrogens with zero attached hydrogens (tertiary/aromatic N) is 4. The zero-order valence-corrected chi connectivity index (χ0v) is 16.9. The molecule has 0 radical (unpaired) electrons. The van der Waals surface area contributed by atoms with E-state index in [9.17, 15) is 13.6 Å². The second-order valence-corrected chi connectivity index (χ2v) is 7.32. The molecule has 1 N–H and O–H groups in total. The maximum Gasteiger partial charge on any atom is 0.276 e. The standard InChI is InChI=1S/C22H17F2N5O2/c1-11-26-20-17(29(11)3)6-5-13(21(20)31-18-7-4-12(23)8-16(18)24)15-10-28(2)22(30)19-14(15)9-25-27-19/h4-10H,1-3H3,(H,25,27). The van der Waals surface area contributed by atoms with Crippen molar-refractivity contribution in [2.24, 2.45) is 14.1 Å². The SMILES string of the molecule is Cc1nc2c(Oc3ccc(F)cc3F)c(-c3cn(C)c(=O)c4[nH]ncc34)ccc2n1C. The lowest BCUT2D eigenvalue weighted by Crippen LogP contribution is -2.16. The molecule has 2 aromatic carbocycles. The normalized spacial score (nSPS) is 11.5. The number of aromatic amines is 1. The number of imidazole rings is 1. The number of benzene rings is 2. The van der Waals surface area contributed by atoms with Gasteiger partial charge in [0.25, 0.3) is 5.56 Å². The Hall–Kier alpha value is -4.01. The fourth-order valence-corrected chi connectivity index (χ4v) is 3.70. The summed E-state index contributed by atoms with van der Waals surface area (Å²) in [5.41, 5.74) is 2.68. The van der Waals surface area contributed by atoms with E-state index in [1.54, 1.807) is 19.4 Å². The highest BCUT2D eigenvalue weighted by Crippen LogP contribution is 2.41. The van der Waals surface area contributed by atoms with Crippen LogP contribution in [0.1, 0.15) is 5.82 Å². The van der Waals surface area contributed by atoms with Crippen LogP contribution in [0.2, 0.25) is 0 Å². The molecule has 0 aliphatic rings. The third-order valence-corrected chi connectivity index (χ3v) is 5.41. The van der Waals surface area contributed by atoms with Gasteiger partial charge < -0.3 is 13.9 Å². The molecule has 156 valence electrons. The quantitative estimate of drug-likeness (QED) is 0.474. The minimum absolute atomic E-state index is 0.133. The number of hydrogen-bond acceptors (Lipinski definition) is 4. The van der Waals surface area contributed by atoms with Crippen molar-refractivity contribution in [2.75, 3.05) is 0 Å². The molecule has 0 bridgehead atoms. The molecule has 0 saturated carbocycles. The average Bonchev–Trinajstić information content (AvgIpc) is 3.33. The molecular formula is C22H17F2N5O2. The molecule has 0 aliphatic heterocycles. The van der Waals surface area contributed by atoms with Gasteiger partial charge in [-0.3, -0.25) is 9.89 Å². The zero-order chi connectivity index (χ0) is 21.9. The summed E-state index contributed by atoms with van der Waals surface area (Å²) in [5.74, 6) is -0.621. The van der Waals surface area contributed by atoms with Crippen molar-refractivity contribution in [3.63, 3.8) is 0 Å². The summed E-state index contributed by atoms with van der Waals surface area (Å²) in [4.78, 5) is 17.0. The Balaban J connectivity index is 1.84. The van der Waals surface area contributed by atoms with E-state index in [2.05, 4.69) is 15.2 Å². The lowest BCUT2D eigenvalue weighted by Gasteiger charge is -2.14. The Morgan fingerprint density at radius 3 is 2.68 bits per heavy atom. The number of aromatic nitrogens is 5. The molecule has 5 aromatic rings. The highest BCUT2D eigenvalue weighted by Gasteiger charge is 2.21. The Bertz CT molecular complexity index is 1550. The summed E-state index contributed by atoms with van der Waals surface area (Å²) in [6, 6.07) is 6.83. The van der Waals surface area contributed by atoms with E-state index < -0.39 is 11.6 Å². The van der Waals surface area contributed by atoms with E-state index in [-0.39, 0.29) is 11.3 Å². The first-order chi connectivity index (χ1) is 14.8. The van der Waals surface area contributed by atoms with Crippen LogP contribution in [0.25, 0.3) is 33.1 Å². The van der Waals surface area contributed by atoms with Gasteiger partial charge in [0.2, 0.25) is 0 Å². The monoisotopic (exact) mass is 421 g/mol. The Kier molecular flexibility index (Phi) is 4.14. The molecule has 0 atom stereocenters. The summed E-state index contributed by atoms with van der Waals surface area (Å²) in [7, 11) is 3.50. The molecule has 0 unspecified atom stereocenters. The van der Waals surface area contributed by atoms with Crippen molar-refractivity contribution in [1.82, 2.24) is 24.3 Å². The van der Waals surface area contributed by atoms with Crippen molar-refractivity contribution >= 4 is 21.9 Å². The lowest BCUT2D eigenvalue weighted by molar-refractivity contribution is 0.442. The van der Waals surface area contributed by atoms with Crippen molar-refractivity contribution < 1.29 is 13.5 Å². The maximum absolute atomic E-state index is 14.4. The van der Waals surface area contributed by atoms with Gasteiger partial charge in [-0.25, -0.2) is 13.8 Å². The number of aryl methyl sites for hydroxylation is 3. The molecule has 0 saturated heterocycles. The van der Waals surface area contributed by atoms with Gasteiger partial charge in [0.1, 0.15) is 22.7 Å². The number of fused-ring (bicyclic) bond motifs is 2.